The smallest absolute Gasteiger partial charge is 0.268 e. The molecule has 0 saturated carbocycles. The standard InChI is InChI=1S/C16H21N3O3S/c1-4-13-14(16(20)19-18-15(13)5-2)10-17-23(21,22)12-8-6-7-11(3)9-12/h6-9,17H,4-5,10H2,1-3H3,(H,19,20). The average molecular weight is 335 g/mol. The molecule has 2 N–H and O–H groups in total. The molecule has 23 heavy (non-hydrogen) atoms. The lowest BCUT2D eigenvalue weighted by Gasteiger charge is -2.12. The number of aryl methyl sites for hydroxylation is 2. The van der Waals surface area contributed by atoms with Gasteiger partial charge < -0.3 is 0 Å². The van der Waals surface area contributed by atoms with E-state index in [2.05, 4.69) is 14.9 Å². The summed E-state index contributed by atoms with van der Waals surface area (Å²) in [7, 11) is -3.67. The molecule has 0 bridgehead atoms. The van der Waals surface area contributed by atoms with E-state index in [9.17, 15) is 13.2 Å². The highest BCUT2D eigenvalue weighted by atomic mass is 32.2. The van der Waals surface area contributed by atoms with Crippen molar-refractivity contribution in [3.05, 3.63) is 57.0 Å². The van der Waals surface area contributed by atoms with E-state index >= 15 is 0 Å². The molecular formula is C16H21N3O3S. The Balaban J connectivity index is 2.32. The van der Waals surface area contributed by atoms with Crippen molar-refractivity contribution in [1.29, 1.82) is 0 Å². The van der Waals surface area contributed by atoms with Gasteiger partial charge in [-0.2, -0.15) is 5.10 Å². The lowest BCUT2D eigenvalue weighted by Crippen LogP contribution is -2.29. The molecule has 0 aliphatic heterocycles. The van der Waals surface area contributed by atoms with Gasteiger partial charge >= 0.3 is 0 Å². The third kappa shape index (κ3) is 3.86. The molecular weight excluding hydrogens is 314 g/mol. The number of aromatic nitrogens is 2. The summed E-state index contributed by atoms with van der Waals surface area (Å²) in [6, 6.07) is 6.65. The number of benzene rings is 1. The van der Waals surface area contributed by atoms with E-state index in [1.165, 1.54) is 6.07 Å². The number of hydrogen-bond donors (Lipinski definition) is 2. The van der Waals surface area contributed by atoms with E-state index in [1.54, 1.807) is 12.1 Å². The monoisotopic (exact) mass is 335 g/mol. The number of hydrogen-bond acceptors (Lipinski definition) is 4. The first kappa shape index (κ1) is 17.4. The molecule has 0 saturated heterocycles. The van der Waals surface area contributed by atoms with Crippen LogP contribution in [-0.4, -0.2) is 18.6 Å². The van der Waals surface area contributed by atoms with Gasteiger partial charge in [-0.15, -0.1) is 0 Å². The summed E-state index contributed by atoms with van der Waals surface area (Å²) < 4.78 is 27.3. The van der Waals surface area contributed by atoms with Gasteiger partial charge in [0, 0.05) is 12.1 Å². The van der Waals surface area contributed by atoms with Gasteiger partial charge in [0.1, 0.15) is 0 Å². The fourth-order valence-electron chi connectivity index (χ4n) is 2.49. The zero-order chi connectivity index (χ0) is 17.0. The fourth-order valence-corrected chi connectivity index (χ4v) is 3.59. The van der Waals surface area contributed by atoms with Crippen molar-refractivity contribution in [2.24, 2.45) is 0 Å². The molecule has 1 heterocycles. The Kier molecular flexibility index (Phi) is 5.33. The number of sulfonamides is 1. The average Bonchev–Trinajstić information content (AvgIpc) is 2.53. The number of H-pyrrole nitrogens is 1. The van der Waals surface area contributed by atoms with Crippen LogP contribution in [0.4, 0.5) is 0 Å². The Bertz CT molecular complexity index is 857. The van der Waals surface area contributed by atoms with Gasteiger partial charge in [-0.25, -0.2) is 18.2 Å². The van der Waals surface area contributed by atoms with E-state index in [-0.39, 0.29) is 17.0 Å². The summed E-state index contributed by atoms with van der Waals surface area (Å²) >= 11 is 0. The van der Waals surface area contributed by atoms with Crippen LogP contribution in [-0.2, 0) is 29.4 Å². The van der Waals surface area contributed by atoms with Gasteiger partial charge in [-0.1, -0.05) is 26.0 Å². The Hall–Kier alpha value is -1.99. The van der Waals surface area contributed by atoms with E-state index in [4.69, 9.17) is 0 Å². The van der Waals surface area contributed by atoms with E-state index < -0.39 is 10.0 Å². The van der Waals surface area contributed by atoms with Crippen molar-refractivity contribution < 1.29 is 8.42 Å². The zero-order valence-electron chi connectivity index (χ0n) is 13.5. The van der Waals surface area contributed by atoms with Gasteiger partial charge in [-0.3, -0.25) is 4.79 Å². The minimum Gasteiger partial charge on any atom is -0.268 e. The van der Waals surface area contributed by atoms with Crippen molar-refractivity contribution >= 4 is 10.0 Å². The maximum Gasteiger partial charge on any atom is 0.268 e. The summed E-state index contributed by atoms with van der Waals surface area (Å²) in [5.74, 6) is 0. The zero-order valence-corrected chi connectivity index (χ0v) is 14.3. The summed E-state index contributed by atoms with van der Waals surface area (Å²) in [5.41, 5.74) is 2.53. The van der Waals surface area contributed by atoms with Crippen LogP contribution in [0.15, 0.2) is 34.0 Å². The minimum absolute atomic E-state index is 0.0513. The molecule has 0 spiro atoms. The molecule has 2 rings (SSSR count). The second-order valence-electron chi connectivity index (χ2n) is 5.30. The molecule has 2 aromatic rings. The molecule has 0 unspecified atom stereocenters. The quantitative estimate of drug-likeness (QED) is 0.840. The summed E-state index contributed by atoms with van der Waals surface area (Å²) in [4.78, 5) is 12.2. The first-order valence-corrected chi connectivity index (χ1v) is 9.03. The number of nitrogens with zero attached hydrogens (tertiary/aromatic N) is 1. The van der Waals surface area contributed by atoms with Gasteiger partial charge in [0.05, 0.1) is 10.6 Å². The van der Waals surface area contributed by atoms with Crippen LogP contribution in [0, 0.1) is 6.92 Å². The molecule has 0 atom stereocenters. The molecule has 6 nitrogen and oxygen atoms in total. The highest BCUT2D eigenvalue weighted by Gasteiger charge is 2.17. The lowest BCUT2D eigenvalue weighted by atomic mass is 10.0. The molecule has 0 aliphatic carbocycles. The van der Waals surface area contributed by atoms with Crippen LogP contribution in [0.3, 0.4) is 0 Å². The van der Waals surface area contributed by atoms with Crippen LogP contribution in [0.25, 0.3) is 0 Å². The van der Waals surface area contributed by atoms with Crippen molar-refractivity contribution in [2.75, 3.05) is 0 Å². The van der Waals surface area contributed by atoms with Crippen LogP contribution in [0.2, 0.25) is 0 Å². The predicted molar refractivity (Wildman–Crippen MR) is 88.8 cm³/mol. The van der Waals surface area contributed by atoms with Crippen LogP contribution in [0.1, 0.15) is 36.2 Å². The van der Waals surface area contributed by atoms with Crippen LogP contribution >= 0.6 is 0 Å². The van der Waals surface area contributed by atoms with E-state index in [0.29, 0.717) is 18.4 Å². The van der Waals surface area contributed by atoms with Crippen LogP contribution < -0.4 is 10.3 Å². The Labute approximate surface area is 136 Å². The second kappa shape index (κ2) is 7.06. The fraction of sp³-hybridized carbons (Fsp3) is 0.375. The predicted octanol–water partition coefficient (Wildman–Crippen LogP) is 1.68. The van der Waals surface area contributed by atoms with Gasteiger partial charge in [0.2, 0.25) is 10.0 Å². The molecule has 124 valence electrons. The maximum absolute atomic E-state index is 12.4. The molecule has 0 aliphatic rings. The van der Waals surface area contributed by atoms with Gasteiger partial charge in [-0.05, 0) is 43.0 Å². The van der Waals surface area contributed by atoms with Crippen molar-refractivity contribution in [1.82, 2.24) is 14.9 Å². The van der Waals surface area contributed by atoms with Crippen molar-refractivity contribution in [3.63, 3.8) is 0 Å². The molecule has 7 heteroatoms. The first-order chi connectivity index (χ1) is 10.9. The normalized spacial score (nSPS) is 11.6. The summed E-state index contributed by atoms with van der Waals surface area (Å²) in [6.07, 6.45) is 1.30. The summed E-state index contributed by atoms with van der Waals surface area (Å²) in [6.45, 7) is 5.65. The first-order valence-electron chi connectivity index (χ1n) is 7.54. The largest absolute Gasteiger partial charge is 0.268 e. The Morgan fingerprint density at radius 1 is 1.17 bits per heavy atom. The van der Waals surface area contributed by atoms with Crippen molar-refractivity contribution in [3.8, 4) is 0 Å². The molecule has 0 amide bonds. The third-order valence-electron chi connectivity index (χ3n) is 3.71. The number of nitrogens with one attached hydrogen (secondary N) is 2. The molecule has 1 aromatic heterocycles. The Morgan fingerprint density at radius 2 is 1.91 bits per heavy atom. The van der Waals surface area contributed by atoms with E-state index in [0.717, 1.165) is 16.8 Å². The highest BCUT2D eigenvalue weighted by molar-refractivity contribution is 7.89. The molecule has 0 fully saturated rings. The topological polar surface area (TPSA) is 91.9 Å². The second-order valence-corrected chi connectivity index (χ2v) is 7.07. The van der Waals surface area contributed by atoms with E-state index in [1.807, 2.05) is 26.8 Å². The van der Waals surface area contributed by atoms with Gasteiger partial charge in [0.25, 0.3) is 5.56 Å². The molecule has 1 aromatic carbocycles. The highest BCUT2D eigenvalue weighted by Crippen LogP contribution is 2.13. The summed E-state index contributed by atoms with van der Waals surface area (Å²) in [5, 5.41) is 6.47. The van der Waals surface area contributed by atoms with Crippen molar-refractivity contribution in [2.45, 2.75) is 45.1 Å². The SMILES string of the molecule is CCc1n[nH]c(=O)c(CNS(=O)(=O)c2cccc(C)c2)c1CC. The maximum atomic E-state index is 12.4. The lowest BCUT2D eigenvalue weighted by molar-refractivity contribution is 0.580. The van der Waals surface area contributed by atoms with Crippen LogP contribution in [0.5, 0.6) is 0 Å². The Morgan fingerprint density at radius 3 is 2.52 bits per heavy atom. The molecule has 0 radical (unpaired) electrons. The third-order valence-corrected chi connectivity index (χ3v) is 5.11. The number of aromatic amines is 1. The van der Waals surface area contributed by atoms with Gasteiger partial charge in [0.15, 0.2) is 0 Å². The number of rotatable bonds is 6. The minimum atomic E-state index is -3.67.